The Labute approximate surface area is 206 Å². The van der Waals surface area contributed by atoms with Gasteiger partial charge in [-0.3, -0.25) is 9.78 Å². The molecule has 0 amide bonds. The van der Waals surface area contributed by atoms with Crippen LogP contribution in [0.3, 0.4) is 0 Å². The van der Waals surface area contributed by atoms with Gasteiger partial charge in [-0.15, -0.1) is 0 Å². The van der Waals surface area contributed by atoms with Crippen LogP contribution in [-0.4, -0.2) is 32.8 Å². The fourth-order valence-electron chi connectivity index (χ4n) is 3.84. The van der Waals surface area contributed by atoms with E-state index in [1.165, 1.54) is 0 Å². The molecule has 0 unspecified atom stereocenters. The standard InChI is InChI=1S/C27H31N5O3.H2/c1-16(2)32-15-20(8-10-26(32)33)23-14-29-18(5)27(30-23)25-12-22(31-35-25)21-9-7-19(13-28-6)11-24(21)34-17(3)4;/h7-12,14-17,28H,13H2,1-6H3;1H. The highest BCUT2D eigenvalue weighted by Crippen LogP contribution is 2.34. The molecule has 1 N–H and O–H groups in total. The van der Waals surface area contributed by atoms with Crippen molar-refractivity contribution in [3.8, 4) is 39.7 Å². The van der Waals surface area contributed by atoms with Crippen LogP contribution in [0.5, 0.6) is 5.75 Å². The quantitative estimate of drug-likeness (QED) is 0.371. The summed E-state index contributed by atoms with van der Waals surface area (Å²) >= 11 is 0. The minimum absolute atomic E-state index is 0. The number of nitrogens with zero attached hydrogens (tertiary/aromatic N) is 4. The van der Waals surface area contributed by atoms with E-state index in [2.05, 4.69) is 15.5 Å². The number of benzene rings is 1. The van der Waals surface area contributed by atoms with E-state index in [4.69, 9.17) is 14.2 Å². The van der Waals surface area contributed by atoms with Gasteiger partial charge >= 0.3 is 0 Å². The molecule has 0 saturated heterocycles. The second kappa shape index (κ2) is 10.2. The fraction of sp³-hybridized carbons (Fsp3) is 0.333. The second-order valence-electron chi connectivity index (χ2n) is 9.05. The molecule has 0 aliphatic rings. The zero-order chi connectivity index (χ0) is 25.1. The molecule has 3 heterocycles. The molecule has 0 atom stereocenters. The first-order valence-corrected chi connectivity index (χ1v) is 11.7. The minimum Gasteiger partial charge on any atom is -0.490 e. The van der Waals surface area contributed by atoms with Gasteiger partial charge in [0.1, 0.15) is 17.1 Å². The molecule has 3 aromatic heterocycles. The van der Waals surface area contributed by atoms with Crippen LogP contribution < -0.4 is 15.6 Å². The van der Waals surface area contributed by atoms with Crippen LogP contribution in [0.2, 0.25) is 0 Å². The van der Waals surface area contributed by atoms with Gasteiger partial charge < -0.3 is 19.1 Å². The molecule has 0 fully saturated rings. The van der Waals surface area contributed by atoms with E-state index in [1.54, 1.807) is 22.9 Å². The number of nitrogens with one attached hydrogen (secondary N) is 1. The second-order valence-corrected chi connectivity index (χ2v) is 9.05. The third-order valence-electron chi connectivity index (χ3n) is 5.55. The largest absolute Gasteiger partial charge is 0.490 e. The number of rotatable bonds is 8. The zero-order valence-electron chi connectivity index (χ0n) is 21.0. The summed E-state index contributed by atoms with van der Waals surface area (Å²) in [5, 5.41) is 7.48. The summed E-state index contributed by atoms with van der Waals surface area (Å²) in [6.07, 6.45) is 3.53. The van der Waals surface area contributed by atoms with E-state index >= 15 is 0 Å². The first kappa shape index (κ1) is 24.3. The number of hydrogen-bond acceptors (Lipinski definition) is 7. The van der Waals surface area contributed by atoms with E-state index in [1.807, 2.05) is 72.1 Å². The van der Waals surface area contributed by atoms with Crippen molar-refractivity contribution in [2.24, 2.45) is 0 Å². The van der Waals surface area contributed by atoms with E-state index in [-0.39, 0.29) is 19.1 Å². The molecule has 8 nitrogen and oxygen atoms in total. The Morgan fingerprint density at radius 2 is 1.91 bits per heavy atom. The average Bonchev–Trinajstić information content (AvgIpc) is 3.29. The maximum absolute atomic E-state index is 12.2. The molecule has 1 aromatic carbocycles. The van der Waals surface area contributed by atoms with Crippen molar-refractivity contribution in [1.29, 1.82) is 0 Å². The fourth-order valence-corrected chi connectivity index (χ4v) is 3.84. The number of aryl methyl sites for hydroxylation is 1. The number of aromatic nitrogens is 4. The average molecular weight is 476 g/mol. The first-order valence-electron chi connectivity index (χ1n) is 11.7. The third kappa shape index (κ3) is 5.33. The Balaban J connectivity index is 0.00000361. The molecule has 0 spiro atoms. The van der Waals surface area contributed by atoms with Gasteiger partial charge in [-0.05, 0) is 65.4 Å². The predicted octanol–water partition coefficient (Wildman–Crippen LogP) is 5.27. The highest BCUT2D eigenvalue weighted by Gasteiger charge is 2.18. The van der Waals surface area contributed by atoms with Gasteiger partial charge in [0.15, 0.2) is 5.76 Å². The Hall–Kier alpha value is -3.78. The van der Waals surface area contributed by atoms with Crippen molar-refractivity contribution in [3.63, 3.8) is 0 Å². The molecule has 0 bridgehead atoms. The summed E-state index contributed by atoms with van der Waals surface area (Å²) in [5.41, 5.74) is 5.35. The predicted molar refractivity (Wildman–Crippen MR) is 138 cm³/mol. The van der Waals surface area contributed by atoms with Crippen molar-refractivity contribution in [2.45, 2.75) is 53.3 Å². The van der Waals surface area contributed by atoms with E-state index in [0.29, 0.717) is 22.8 Å². The maximum Gasteiger partial charge on any atom is 0.250 e. The Bertz CT molecular complexity index is 1390. The van der Waals surface area contributed by atoms with Crippen LogP contribution in [0.1, 0.15) is 46.4 Å². The van der Waals surface area contributed by atoms with Gasteiger partial charge in [0.05, 0.1) is 23.7 Å². The molecule has 0 radical (unpaired) electrons. The molecule has 0 aliphatic carbocycles. The lowest BCUT2D eigenvalue weighted by molar-refractivity contribution is 0.243. The topological polar surface area (TPSA) is 95.1 Å². The van der Waals surface area contributed by atoms with Gasteiger partial charge in [0.25, 0.3) is 5.56 Å². The highest BCUT2D eigenvalue weighted by molar-refractivity contribution is 5.72. The monoisotopic (exact) mass is 475 g/mol. The van der Waals surface area contributed by atoms with E-state index in [0.717, 1.165) is 34.7 Å². The Morgan fingerprint density at radius 3 is 2.63 bits per heavy atom. The Kier molecular flexibility index (Phi) is 7.12. The summed E-state index contributed by atoms with van der Waals surface area (Å²) in [6, 6.07) is 11.3. The van der Waals surface area contributed by atoms with Crippen molar-refractivity contribution in [3.05, 3.63) is 70.4 Å². The lowest BCUT2D eigenvalue weighted by Gasteiger charge is -2.14. The van der Waals surface area contributed by atoms with E-state index in [9.17, 15) is 4.79 Å². The molecular weight excluding hydrogens is 442 g/mol. The highest BCUT2D eigenvalue weighted by atomic mass is 16.5. The van der Waals surface area contributed by atoms with Gasteiger partial charge in [0.2, 0.25) is 0 Å². The molecule has 35 heavy (non-hydrogen) atoms. The normalized spacial score (nSPS) is 11.4. The molecule has 0 aliphatic heterocycles. The number of hydrogen-bond donors (Lipinski definition) is 1. The van der Waals surface area contributed by atoms with Gasteiger partial charge in [0, 0.05) is 43.5 Å². The number of pyridine rings is 1. The summed E-state index contributed by atoms with van der Waals surface area (Å²) < 4.78 is 13.5. The lowest BCUT2D eigenvalue weighted by Crippen LogP contribution is -2.20. The summed E-state index contributed by atoms with van der Waals surface area (Å²) in [6.45, 7) is 10.5. The van der Waals surface area contributed by atoms with Gasteiger partial charge in [-0.1, -0.05) is 11.2 Å². The zero-order valence-corrected chi connectivity index (χ0v) is 21.0. The molecule has 0 saturated carbocycles. The Morgan fingerprint density at radius 1 is 1.11 bits per heavy atom. The van der Waals surface area contributed by atoms with E-state index < -0.39 is 0 Å². The molecule has 4 aromatic rings. The van der Waals surface area contributed by atoms with Crippen LogP contribution in [0.4, 0.5) is 0 Å². The van der Waals surface area contributed by atoms with Gasteiger partial charge in [-0.2, -0.15) is 0 Å². The van der Waals surface area contributed by atoms with Gasteiger partial charge in [-0.25, -0.2) is 4.98 Å². The maximum atomic E-state index is 12.2. The lowest BCUT2D eigenvalue weighted by atomic mass is 10.1. The molecular formula is C27H33N5O3. The molecule has 184 valence electrons. The molecule has 8 heteroatoms. The smallest absolute Gasteiger partial charge is 0.250 e. The summed E-state index contributed by atoms with van der Waals surface area (Å²) in [7, 11) is 1.91. The SMILES string of the molecule is CNCc1ccc(-c2cc(-c3nc(-c4ccc(=O)n(C(C)C)c4)cnc3C)on2)c(OC(C)C)c1.[HH]. The van der Waals surface area contributed by atoms with Crippen LogP contribution in [-0.2, 0) is 6.54 Å². The van der Waals surface area contributed by atoms with Crippen molar-refractivity contribution in [2.75, 3.05) is 7.05 Å². The van der Waals surface area contributed by atoms with Crippen LogP contribution in [0.25, 0.3) is 34.0 Å². The van der Waals surface area contributed by atoms with Crippen molar-refractivity contribution >= 4 is 0 Å². The minimum atomic E-state index is -0.0518. The molecule has 4 rings (SSSR count). The first-order chi connectivity index (χ1) is 16.8. The summed E-state index contributed by atoms with van der Waals surface area (Å²) in [5.74, 6) is 1.26. The van der Waals surface area contributed by atoms with Crippen LogP contribution in [0.15, 0.2) is 58.1 Å². The third-order valence-corrected chi connectivity index (χ3v) is 5.55. The van der Waals surface area contributed by atoms with Crippen LogP contribution in [0, 0.1) is 6.92 Å². The van der Waals surface area contributed by atoms with Crippen LogP contribution >= 0.6 is 0 Å². The van der Waals surface area contributed by atoms with Crippen molar-refractivity contribution in [1.82, 2.24) is 25.0 Å². The number of ether oxygens (including phenoxy) is 1. The van der Waals surface area contributed by atoms with Crippen molar-refractivity contribution < 1.29 is 10.7 Å². The summed E-state index contributed by atoms with van der Waals surface area (Å²) in [4.78, 5) is 21.5.